The van der Waals surface area contributed by atoms with Crippen molar-refractivity contribution in [1.29, 1.82) is 0 Å². The first kappa shape index (κ1) is 28.3. The van der Waals surface area contributed by atoms with Crippen molar-refractivity contribution in [2.45, 2.75) is 0 Å². The second kappa shape index (κ2) is 12.0. The summed E-state index contributed by atoms with van der Waals surface area (Å²) in [6.07, 6.45) is 0. The molecule has 0 unspecified atom stereocenters. The molecule has 0 saturated carbocycles. The van der Waals surface area contributed by atoms with Crippen molar-refractivity contribution in [2.75, 3.05) is 4.90 Å². The molecule has 0 spiro atoms. The van der Waals surface area contributed by atoms with E-state index >= 15 is 0 Å². The molecule has 0 bridgehead atoms. The number of hydrogen-bond donors (Lipinski definition) is 0. The maximum atomic E-state index is 2.38. The Morgan fingerprint density at radius 1 is 0.333 bits per heavy atom. The number of anilines is 3. The Balaban J connectivity index is 1.15. The van der Waals surface area contributed by atoms with Gasteiger partial charge in [-0.3, -0.25) is 0 Å². The molecule has 0 N–H and O–H groups in total. The summed E-state index contributed by atoms with van der Waals surface area (Å²) in [7, 11) is 0. The third-order valence-electron chi connectivity index (χ3n) is 9.24. The molecule has 9 rings (SSSR count). The van der Waals surface area contributed by atoms with Crippen LogP contribution in [0.25, 0.3) is 64.3 Å². The maximum absolute atomic E-state index is 2.38. The minimum atomic E-state index is 1.12. The Morgan fingerprint density at radius 2 is 0.938 bits per heavy atom. The van der Waals surface area contributed by atoms with Gasteiger partial charge < -0.3 is 4.90 Å². The van der Waals surface area contributed by atoms with Gasteiger partial charge in [-0.2, -0.15) is 0 Å². The highest BCUT2D eigenvalue weighted by Crippen LogP contribution is 2.43. The molecular formula is C46H31NS. The van der Waals surface area contributed by atoms with Crippen molar-refractivity contribution in [1.82, 2.24) is 0 Å². The highest BCUT2D eigenvalue weighted by Gasteiger charge is 2.16. The average Bonchev–Trinajstić information content (AvgIpc) is 3.55. The van der Waals surface area contributed by atoms with Crippen LogP contribution in [0, 0.1) is 0 Å². The van der Waals surface area contributed by atoms with Crippen LogP contribution in [0.1, 0.15) is 0 Å². The Kier molecular flexibility index (Phi) is 7.07. The average molecular weight is 630 g/mol. The summed E-state index contributed by atoms with van der Waals surface area (Å²) in [5, 5.41) is 5.10. The van der Waals surface area contributed by atoms with Crippen LogP contribution in [0.5, 0.6) is 0 Å². The molecule has 0 aliphatic heterocycles. The monoisotopic (exact) mass is 629 g/mol. The first-order valence-electron chi connectivity index (χ1n) is 16.3. The lowest BCUT2D eigenvalue weighted by Gasteiger charge is -2.26. The Labute approximate surface area is 284 Å². The van der Waals surface area contributed by atoms with Gasteiger partial charge in [0.1, 0.15) is 0 Å². The van der Waals surface area contributed by atoms with Gasteiger partial charge in [0.2, 0.25) is 0 Å². The molecule has 226 valence electrons. The van der Waals surface area contributed by atoms with Crippen molar-refractivity contribution < 1.29 is 0 Å². The van der Waals surface area contributed by atoms with E-state index in [2.05, 4.69) is 193 Å². The standard InChI is InChI=1S/C46H31NS/c1-2-11-32(12-3-1)35-15-8-16-36(29-35)34-23-26-39(27-24-34)47(41-28-25-33-13-4-5-14-37(33)30-41)40-18-9-17-38(31-40)42-20-10-21-44-43-19-6-7-22-45(43)48-46(42)44/h1-31H. The number of fused-ring (bicyclic) bond motifs is 4. The number of benzene rings is 8. The summed E-state index contributed by atoms with van der Waals surface area (Å²) >= 11 is 1.88. The lowest BCUT2D eigenvalue weighted by molar-refractivity contribution is 1.29. The molecule has 0 saturated heterocycles. The van der Waals surface area contributed by atoms with Crippen LogP contribution in [0.3, 0.4) is 0 Å². The molecule has 0 aliphatic rings. The molecule has 0 atom stereocenters. The number of rotatable bonds is 6. The smallest absolute Gasteiger partial charge is 0.0468 e. The summed E-state index contributed by atoms with van der Waals surface area (Å²) in [6, 6.07) is 68.1. The molecule has 2 heteroatoms. The normalized spacial score (nSPS) is 11.3. The van der Waals surface area contributed by atoms with Gasteiger partial charge in [0, 0.05) is 37.2 Å². The molecule has 0 radical (unpaired) electrons. The SMILES string of the molecule is c1ccc(-c2cccc(-c3ccc(N(c4cccc(-c5cccc6c5sc5ccccc56)c4)c4ccc5ccccc5c4)cc3)c2)cc1. The molecular weight excluding hydrogens is 599 g/mol. The van der Waals surface area contributed by atoms with Crippen LogP contribution in [0.15, 0.2) is 188 Å². The van der Waals surface area contributed by atoms with Gasteiger partial charge in [-0.15, -0.1) is 11.3 Å². The number of thiophene rings is 1. The van der Waals surface area contributed by atoms with Crippen LogP contribution in [-0.2, 0) is 0 Å². The van der Waals surface area contributed by atoms with Crippen LogP contribution in [-0.4, -0.2) is 0 Å². The minimum absolute atomic E-state index is 1.12. The zero-order valence-electron chi connectivity index (χ0n) is 26.3. The van der Waals surface area contributed by atoms with E-state index in [4.69, 9.17) is 0 Å². The second-order valence-electron chi connectivity index (χ2n) is 12.2. The Hall–Kier alpha value is -5.96. The lowest BCUT2D eigenvalue weighted by Crippen LogP contribution is -2.10. The van der Waals surface area contributed by atoms with E-state index < -0.39 is 0 Å². The molecule has 9 aromatic rings. The summed E-state index contributed by atoms with van der Waals surface area (Å²) < 4.78 is 2.65. The molecule has 0 aliphatic carbocycles. The maximum Gasteiger partial charge on any atom is 0.0468 e. The quantitative estimate of drug-likeness (QED) is 0.177. The van der Waals surface area contributed by atoms with E-state index in [1.54, 1.807) is 0 Å². The van der Waals surface area contributed by atoms with Crippen LogP contribution >= 0.6 is 11.3 Å². The van der Waals surface area contributed by atoms with E-state index in [0.717, 1.165) is 17.1 Å². The van der Waals surface area contributed by atoms with E-state index in [9.17, 15) is 0 Å². The van der Waals surface area contributed by atoms with Gasteiger partial charge in [0.15, 0.2) is 0 Å². The Bertz CT molecular complexity index is 2560. The fraction of sp³-hybridized carbons (Fsp3) is 0. The fourth-order valence-corrected chi connectivity index (χ4v) is 8.10. The predicted octanol–water partition coefficient (Wildman–Crippen LogP) is 13.7. The van der Waals surface area contributed by atoms with E-state index in [1.165, 1.54) is 64.3 Å². The summed E-state index contributed by atoms with van der Waals surface area (Å²) in [4.78, 5) is 2.38. The van der Waals surface area contributed by atoms with Crippen molar-refractivity contribution in [2.24, 2.45) is 0 Å². The van der Waals surface area contributed by atoms with Crippen molar-refractivity contribution in [3.8, 4) is 33.4 Å². The first-order chi connectivity index (χ1) is 23.8. The summed E-state index contributed by atoms with van der Waals surface area (Å²) in [5.41, 5.74) is 10.7. The van der Waals surface area contributed by atoms with Crippen LogP contribution in [0.4, 0.5) is 17.1 Å². The highest BCUT2D eigenvalue weighted by atomic mass is 32.1. The third kappa shape index (κ3) is 5.13. The van der Waals surface area contributed by atoms with Gasteiger partial charge in [-0.1, -0.05) is 140 Å². The lowest BCUT2D eigenvalue weighted by atomic mass is 9.98. The molecule has 8 aromatic carbocycles. The summed E-state index contributed by atoms with van der Waals surface area (Å²) in [6.45, 7) is 0. The second-order valence-corrected chi connectivity index (χ2v) is 13.2. The predicted molar refractivity (Wildman–Crippen MR) is 208 cm³/mol. The molecule has 1 heterocycles. The minimum Gasteiger partial charge on any atom is -0.310 e. The van der Waals surface area contributed by atoms with E-state index in [1.807, 2.05) is 11.3 Å². The zero-order chi connectivity index (χ0) is 31.9. The van der Waals surface area contributed by atoms with Crippen molar-refractivity contribution >= 4 is 59.3 Å². The topological polar surface area (TPSA) is 3.24 Å². The van der Waals surface area contributed by atoms with Gasteiger partial charge in [-0.05, 0) is 92.7 Å². The van der Waals surface area contributed by atoms with Crippen molar-refractivity contribution in [3.05, 3.63) is 188 Å². The van der Waals surface area contributed by atoms with E-state index in [0.29, 0.717) is 0 Å². The summed E-state index contributed by atoms with van der Waals surface area (Å²) in [5.74, 6) is 0. The number of hydrogen-bond acceptors (Lipinski definition) is 2. The molecule has 48 heavy (non-hydrogen) atoms. The van der Waals surface area contributed by atoms with Gasteiger partial charge in [0.25, 0.3) is 0 Å². The molecule has 0 fully saturated rings. The number of nitrogens with zero attached hydrogens (tertiary/aromatic N) is 1. The third-order valence-corrected chi connectivity index (χ3v) is 10.5. The van der Waals surface area contributed by atoms with Crippen LogP contribution in [0.2, 0.25) is 0 Å². The Morgan fingerprint density at radius 3 is 1.79 bits per heavy atom. The fourth-order valence-electron chi connectivity index (χ4n) is 6.86. The van der Waals surface area contributed by atoms with Gasteiger partial charge in [-0.25, -0.2) is 0 Å². The first-order valence-corrected chi connectivity index (χ1v) is 17.2. The largest absolute Gasteiger partial charge is 0.310 e. The highest BCUT2D eigenvalue weighted by molar-refractivity contribution is 7.26. The van der Waals surface area contributed by atoms with Gasteiger partial charge >= 0.3 is 0 Å². The zero-order valence-corrected chi connectivity index (χ0v) is 27.1. The van der Waals surface area contributed by atoms with Crippen molar-refractivity contribution in [3.63, 3.8) is 0 Å². The molecule has 1 nitrogen and oxygen atoms in total. The van der Waals surface area contributed by atoms with E-state index in [-0.39, 0.29) is 0 Å². The van der Waals surface area contributed by atoms with Crippen LogP contribution < -0.4 is 4.90 Å². The molecule has 0 amide bonds. The molecule has 1 aromatic heterocycles. The van der Waals surface area contributed by atoms with Gasteiger partial charge in [0.05, 0.1) is 0 Å².